The molecule has 1 fully saturated rings. The second kappa shape index (κ2) is 3.58. The van der Waals surface area contributed by atoms with Crippen LogP contribution in [-0.4, -0.2) is 11.6 Å². The van der Waals surface area contributed by atoms with Crippen molar-refractivity contribution >= 4 is 0 Å². The summed E-state index contributed by atoms with van der Waals surface area (Å²) in [6.07, 6.45) is 3.77. The largest absolute Gasteiger partial charge is 0.296 e. The molecule has 0 spiro atoms. The van der Waals surface area contributed by atoms with Gasteiger partial charge in [0, 0.05) is 6.04 Å². The molecule has 2 heteroatoms. The van der Waals surface area contributed by atoms with E-state index < -0.39 is 0 Å². The summed E-state index contributed by atoms with van der Waals surface area (Å²) >= 11 is 0. The molecule has 0 aromatic carbocycles. The van der Waals surface area contributed by atoms with E-state index in [0.717, 1.165) is 0 Å². The molecule has 0 bridgehead atoms. The molecule has 1 aliphatic carbocycles. The summed E-state index contributed by atoms with van der Waals surface area (Å²) in [7, 11) is 0. The Hall–Kier alpha value is -0.0800. The fraction of sp³-hybridized carbons (Fsp3) is 1.00. The Bertz CT molecular complexity index is 169. The van der Waals surface area contributed by atoms with Crippen molar-refractivity contribution in [2.75, 3.05) is 0 Å². The van der Waals surface area contributed by atoms with Gasteiger partial charge in [-0.2, -0.15) is 5.48 Å². The van der Waals surface area contributed by atoms with E-state index in [1.165, 1.54) is 19.3 Å². The van der Waals surface area contributed by atoms with Crippen LogP contribution in [0.2, 0.25) is 0 Å². The zero-order valence-electron chi connectivity index (χ0n) is 9.61. The molecular weight excluding hydrogens is 162 g/mol. The third-order valence-corrected chi connectivity index (χ3v) is 2.50. The summed E-state index contributed by atoms with van der Waals surface area (Å²) in [5, 5.41) is 0. The molecular formula is C11H23NO. The minimum atomic E-state index is -0.0767. The third kappa shape index (κ3) is 4.10. The molecule has 0 aromatic heterocycles. The van der Waals surface area contributed by atoms with E-state index >= 15 is 0 Å². The molecule has 0 aromatic rings. The molecule has 1 saturated carbocycles. The van der Waals surface area contributed by atoms with Crippen LogP contribution in [0.15, 0.2) is 0 Å². The first-order valence-electron chi connectivity index (χ1n) is 5.22. The summed E-state index contributed by atoms with van der Waals surface area (Å²) in [6, 6.07) is 0.550. The molecule has 78 valence electrons. The van der Waals surface area contributed by atoms with E-state index in [1.54, 1.807) is 0 Å². The van der Waals surface area contributed by atoms with Gasteiger partial charge in [0.25, 0.3) is 0 Å². The predicted octanol–water partition coefficient (Wildman–Crippen LogP) is 2.88. The average Bonchev–Trinajstić information content (AvgIpc) is 2.24. The van der Waals surface area contributed by atoms with Crippen LogP contribution >= 0.6 is 0 Å². The van der Waals surface area contributed by atoms with Crippen LogP contribution in [0, 0.1) is 5.41 Å². The lowest BCUT2D eigenvalue weighted by Crippen LogP contribution is -2.35. The highest BCUT2D eigenvalue weighted by Gasteiger charge is 2.31. The van der Waals surface area contributed by atoms with E-state index in [1.807, 2.05) is 0 Å². The summed E-state index contributed by atoms with van der Waals surface area (Å²) in [5.41, 5.74) is 3.60. The highest BCUT2D eigenvalue weighted by atomic mass is 16.7. The Labute approximate surface area is 82.0 Å². The zero-order valence-corrected chi connectivity index (χ0v) is 9.61. The van der Waals surface area contributed by atoms with Crippen molar-refractivity contribution in [3.05, 3.63) is 0 Å². The maximum absolute atomic E-state index is 5.56. The second-order valence-electron chi connectivity index (χ2n) is 5.94. The highest BCUT2D eigenvalue weighted by molar-refractivity contribution is 4.84. The van der Waals surface area contributed by atoms with Gasteiger partial charge in [-0.05, 0) is 45.4 Å². The van der Waals surface area contributed by atoms with E-state index in [0.29, 0.717) is 11.5 Å². The molecule has 1 unspecified atom stereocenters. The lowest BCUT2D eigenvalue weighted by Gasteiger charge is -2.23. The van der Waals surface area contributed by atoms with E-state index in [4.69, 9.17) is 4.84 Å². The van der Waals surface area contributed by atoms with Gasteiger partial charge < -0.3 is 0 Å². The molecule has 13 heavy (non-hydrogen) atoms. The van der Waals surface area contributed by atoms with Gasteiger partial charge in [-0.25, -0.2) is 0 Å². The first-order chi connectivity index (χ1) is 5.79. The molecule has 0 aliphatic heterocycles. The SMILES string of the molecule is CC1(C)CCC(NOC(C)(C)C)C1. The predicted molar refractivity (Wildman–Crippen MR) is 55.4 cm³/mol. The average molecular weight is 185 g/mol. The van der Waals surface area contributed by atoms with Crippen molar-refractivity contribution in [3.8, 4) is 0 Å². The van der Waals surface area contributed by atoms with Gasteiger partial charge in [-0.15, -0.1) is 0 Å². The fourth-order valence-electron chi connectivity index (χ4n) is 1.80. The Balaban J connectivity index is 2.25. The maximum Gasteiger partial charge on any atom is 0.0813 e. The summed E-state index contributed by atoms with van der Waals surface area (Å²) < 4.78 is 0. The van der Waals surface area contributed by atoms with Crippen molar-refractivity contribution < 1.29 is 4.84 Å². The van der Waals surface area contributed by atoms with Crippen molar-refractivity contribution in [3.63, 3.8) is 0 Å². The summed E-state index contributed by atoms with van der Waals surface area (Å²) in [4.78, 5) is 5.56. The number of nitrogens with one attached hydrogen (secondary N) is 1. The number of rotatable bonds is 2. The van der Waals surface area contributed by atoms with Crippen LogP contribution in [0.5, 0.6) is 0 Å². The van der Waals surface area contributed by atoms with Crippen molar-refractivity contribution in [2.24, 2.45) is 5.41 Å². The minimum Gasteiger partial charge on any atom is -0.296 e. The second-order valence-corrected chi connectivity index (χ2v) is 5.94. The number of hydrogen-bond donors (Lipinski definition) is 1. The van der Waals surface area contributed by atoms with E-state index in [-0.39, 0.29) is 5.60 Å². The number of hydroxylamine groups is 1. The first kappa shape index (κ1) is 11.0. The number of hydrogen-bond acceptors (Lipinski definition) is 2. The standard InChI is InChI=1S/C11H23NO/c1-10(2,3)13-12-9-6-7-11(4,5)8-9/h9,12H,6-8H2,1-5H3. The molecule has 0 radical (unpaired) electrons. The van der Waals surface area contributed by atoms with Crippen molar-refractivity contribution in [1.29, 1.82) is 0 Å². The van der Waals surface area contributed by atoms with Crippen LogP contribution in [0.4, 0.5) is 0 Å². The third-order valence-electron chi connectivity index (χ3n) is 2.50. The van der Waals surface area contributed by atoms with Crippen LogP contribution in [-0.2, 0) is 4.84 Å². The first-order valence-corrected chi connectivity index (χ1v) is 5.22. The fourth-order valence-corrected chi connectivity index (χ4v) is 1.80. The van der Waals surface area contributed by atoms with Crippen LogP contribution < -0.4 is 5.48 Å². The molecule has 1 aliphatic rings. The van der Waals surface area contributed by atoms with Gasteiger partial charge >= 0.3 is 0 Å². The smallest absolute Gasteiger partial charge is 0.0813 e. The molecule has 0 amide bonds. The quantitative estimate of drug-likeness (QED) is 0.668. The van der Waals surface area contributed by atoms with Gasteiger partial charge in [0.15, 0.2) is 0 Å². The van der Waals surface area contributed by atoms with Crippen LogP contribution in [0.25, 0.3) is 0 Å². The van der Waals surface area contributed by atoms with Crippen LogP contribution in [0.3, 0.4) is 0 Å². The zero-order chi connectivity index (χ0) is 10.1. The molecule has 2 nitrogen and oxygen atoms in total. The van der Waals surface area contributed by atoms with E-state index in [2.05, 4.69) is 40.1 Å². The lowest BCUT2D eigenvalue weighted by atomic mass is 9.92. The van der Waals surface area contributed by atoms with Crippen LogP contribution in [0.1, 0.15) is 53.9 Å². The Kier molecular flexibility index (Phi) is 3.03. The van der Waals surface area contributed by atoms with Crippen molar-refractivity contribution in [2.45, 2.75) is 65.5 Å². The summed E-state index contributed by atoms with van der Waals surface area (Å²) in [5.74, 6) is 0. The van der Waals surface area contributed by atoms with Gasteiger partial charge in [-0.1, -0.05) is 13.8 Å². The minimum absolute atomic E-state index is 0.0767. The maximum atomic E-state index is 5.56. The molecule has 1 rings (SSSR count). The van der Waals surface area contributed by atoms with E-state index in [9.17, 15) is 0 Å². The van der Waals surface area contributed by atoms with Crippen molar-refractivity contribution in [1.82, 2.24) is 5.48 Å². The molecule has 1 atom stereocenters. The molecule has 0 saturated heterocycles. The highest BCUT2D eigenvalue weighted by Crippen LogP contribution is 2.37. The van der Waals surface area contributed by atoms with Gasteiger partial charge in [-0.3, -0.25) is 4.84 Å². The monoisotopic (exact) mass is 185 g/mol. The van der Waals surface area contributed by atoms with Gasteiger partial charge in [0.2, 0.25) is 0 Å². The van der Waals surface area contributed by atoms with Gasteiger partial charge in [0.05, 0.1) is 5.60 Å². The normalized spacial score (nSPS) is 27.9. The Morgan fingerprint density at radius 3 is 2.31 bits per heavy atom. The topological polar surface area (TPSA) is 21.3 Å². The Morgan fingerprint density at radius 2 is 1.92 bits per heavy atom. The Morgan fingerprint density at radius 1 is 1.31 bits per heavy atom. The lowest BCUT2D eigenvalue weighted by molar-refractivity contribution is -0.0883. The van der Waals surface area contributed by atoms with Gasteiger partial charge in [0.1, 0.15) is 0 Å². The molecule has 1 N–H and O–H groups in total. The summed E-state index contributed by atoms with van der Waals surface area (Å²) in [6.45, 7) is 10.9. The molecule has 0 heterocycles.